The molecule has 3 rings (SSSR count). The molecule has 7 heteroatoms. The van der Waals surface area contributed by atoms with Crippen molar-refractivity contribution >= 4 is 45.2 Å². The molecular formula is C21H25BrN2O3S. The summed E-state index contributed by atoms with van der Waals surface area (Å²) >= 11 is 9.12. The lowest BCUT2D eigenvalue weighted by molar-refractivity contribution is -0.124. The highest BCUT2D eigenvalue weighted by molar-refractivity contribution is 9.10. The van der Waals surface area contributed by atoms with Gasteiger partial charge in [-0.15, -0.1) is 0 Å². The van der Waals surface area contributed by atoms with Gasteiger partial charge in [0.1, 0.15) is 12.3 Å². The van der Waals surface area contributed by atoms with Crippen molar-refractivity contribution in [2.24, 2.45) is 0 Å². The maximum Gasteiger partial charge on any atom is 0.277 e. The maximum absolute atomic E-state index is 13.1. The summed E-state index contributed by atoms with van der Waals surface area (Å²) in [5.41, 5.74) is 1.41. The van der Waals surface area contributed by atoms with Crippen molar-refractivity contribution in [2.75, 3.05) is 20.8 Å². The third kappa shape index (κ3) is 4.10. The van der Waals surface area contributed by atoms with E-state index >= 15 is 0 Å². The molecular weight excluding hydrogens is 440 g/mol. The third-order valence-corrected chi connectivity index (χ3v) is 6.19. The van der Waals surface area contributed by atoms with Crippen LogP contribution in [0.3, 0.4) is 0 Å². The standard InChI is InChI=1S/C21H25BrN2O3S/c1-4-10-27-19-16(22)11-14(13-18(19)26-3)12-17-20(25)24(21(28)23(17)2)15-8-6-5-7-9-15/h4,11-13,15H,1,5-10H2,2-3H3. The van der Waals surface area contributed by atoms with E-state index < -0.39 is 0 Å². The highest BCUT2D eigenvalue weighted by Gasteiger charge is 2.40. The van der Waals surface area contributed by atoms with Crippen molar-refractivity contribution in [3.05, 3.63) is 40.5 Å². The fraction of sp³-hybridized carbons (Fsp3) is 0.429. The number of methoxy groups -OCH3 is 1. The molecule has 0 N–H and O–H groups in total. The number of amides is 1. The Labute approximate surface area is 180 Å². The summed E-state index contributed by atoms with van der Waals surface area (Å²) < 4.78 is 11.9. The molecule has 0 bridgehead atoms. The van der Waals surface area contributed by atoms with Crippen LogP contribution >= 0.6 is 28.1 Å². The van der Waals surface area contributed by atoms with Gasteiger partial charge in [-0.1, -0.05) is 31.9 Å². The smallest absolute Gasteiger partial charge is 0.277 e. The Morgan fingerprint density at radius 1 is 1.32 bits per heavy atom. The van der Waals surface area contributed by atoms with Gasteiger partial charge in [-0.25, -0.2) is 0 Å². The molecule has 1 saturated heterocycles. The Kier molecular flexibility index (Phi) is 6.78. The zero-order chi connectivity index (χ0) is 20.3. The summed E-state index contributed by atoms with van der Waals surface area (Å²) in [4.78, 5) is 16.7. The monoisotopic (exact) mass is 464 g/mol. The van der Waals surface area contributed by atoms with E-state index in [4.69, 9.17) is 21.7 Å². The number of ether oxygens (including phenoxy) is 2. The fourth-order valence-corrected chi connectivity index (χ4v) is 4.61. The van der Waals surface area contributed by atoms with Gasteiger partial charge < -0.3 is 14.4 Å². The second kappa shape index (κ2) is 9.09. The number of halogens is 1. The molecule has 1 saturated carbocycles. The van der Waals surface area contributed by atoms with E-state index in [1.807, 2.05) is 25.3 Å². The van der Waals surface area contributed by atoms with Crippen LogP contribution in [0, 0.1) is 0 Å². The molecule has 0 aromatic heterocycles. The van der Waals surface area contributed by atoms with Crippen LogP contribution in [0.1, 0.15) is 37.7 Å². The maximum atomic E-state index is 13.1. The van der Waals surface area contributed by atoms with Crippen LogP contribution < -0.4 is 9.47 Å². The molecule has 5 nitrogen and oxygen atoms in total. The van der Waals surface area contributed by atoms with E-state index in [2.05, 4.69) is 22.5 Å². The molecule has 0 spiro atoms. The van der Waals surface area contributed by atoms with E-state index in [1.165, 1.54) is 6.42 Å². The molecule has 2 fully saturated rings. The van der Waals surface area contributed by atoms with Crippen LogP contribution in [0.5, 0.6) is 11.5 Å². The van der Waals surface area contributed by atoms with Gasteiger partial charge in [-0.05, 0) is 64.8 Å². The minimum Gasteiger partial charge on any atom is -0.493 e. The number of nitrogens with zero attached hydrogens (tertiary/aromatic N) is 2. The minimum atomic E-state index is -0.0264. The molecule has 0 atom stereocenters. The van der Waals surface area contributed by atoms with Crippen molar-refractivity contribution < 1.29 is 14.3 Å². The van der Waals surface area contributed by atoms with Crippen molar-refractivity contribution in [3.63, 3.8) is 0 Å². The van der Waals surface area contributed by atoms with Crippen LogP contribution in [-0.2, 0) is 4.79 Å². The van der Waals surface area contributed by atoms with Crippen LogP contribution in [-0.4, -0.2) is 47.6 Å². The van der Waals surface area contributed by atoms with E-state index in [9.17, 15) is 4.79 Å². The number of thiocarbonyl (C=S) groups is 1. The second-order valence-electron chi connectivity index (χ2n) is 6.97. The quantitative estimate of drug-likeness (QED) is 0.345. The number of likely N-dealkylation sites (N-methyl/N-ethyl adjacent to an activating group) is 1. The SMILES string of the molecule is C=CCOc1c(Br)cc(C=C2C(=O)N(C3CCCCC3)C(=S)N2C)cc1OC. The number of hydrogen-bond acceptors (Lipinski definition) is 4. The zero-order valence-electron chi connectivity index (χ0n) is 16.2. The van der Waals surface area contributed by atoms with E-state index in [-0.39, 0.29) is 11.9 Å². The molecule has 1 aromatic rings. The molecule has 1 amide bonds. The first kappa shape index (κ1) is 20.9. The molecule has 0 unspecified atom stereocenters. The van der Waals surface area contributed by atoms with E-state index in [0.29, 0.717) is 28.9 Å². The molecule has 150 valence electrons. The second-order valence-corrected chi connectivity index (χ2v) is 8.19. The van der Waals surface area contributed by atoms with E-state index in [1.54, 1.807) is 23.0 Å². The summed E-state index contributed by atoms with van der Waals surface area (Å²) in [6.07, 6.45) is 9.09. The van der Waals surface area contributed by atoms with Crippen LogP contribution in [0.2, 0.25) is 0 Å². The predicted octanol–water partition coefficient (Wildman–Crippen LogP) is 4.76. The normalized spacial score (nSPS) is 19.5. The molecule has 2 aliphatic rings. The molecule has 1 aliphatic carbocycles. The van der Waals surface area contributed by atoms with Gasteiger partial charge in [-0.3, -0.25) is 9.69 Å². The summed E-state index contributed by atoms with van der Waals surface area (Å²) in [5.74, 6) is 1.17. The molecule has 28 heavy (non-hydrogen) atoms. The number of hydrogen-bond donors (Lipinski definition) is 0. The Balaban J connectivity index is 1.91. The first-order chi connectivity index (χ1) is 13.5. The number of carbonyl (C=O) groups is 1. The lowest BCUT2D eigenvalue weighted by Gasteiger charge is -2.30. The van der Waals surface area contributed by atoms with E-state index in [0.717, 1.165) is 35.7 Å². The molecule has 0 radical (unpaired) electrons. The third-order valence-electron chi connectivity index (χ3n) is 5.13. The van der Waals surface area contributed by atoms with Crippen molar-refractivity contribution in [1.82, 2.24) is 9.80 Å². The lowest BCUT2D eigenvalue weighted by Crippen LogP contribution is -2.41. The highest BCUT2D eigenvalue weighted by Crippen LogP contribution is 2.38. The summed E-state index contributed by atoms with van der Waals surface area (Å²) in [5, 5.41) is 0.583. The van der Waals surface area contributed by atoms with Gasteiger partial charge in [0, 0.05) is 13.1 Å². The van der Waals surface area contributed by atoms with Gasteiger partial charge in [0.2, 0.25) is 0 Å². The Morgan fingerprint density at radius 3 is 2.68 bits per heavy atom. The van der Waals surface area contributed by atoms with Gasteiger partial charge in [0.15, 0.2) is 16.6 Å². The summed E-state index contributed by atoms with van der Waals surface area (Å²) in [7, 11) is 3.44. The van der Waals surface area contributed by atoms with Gasteiger partial charge in [-0.2, -0.15) is 0 Å². The molecule has 1 aromatic carbocycles. The first-order valence-corrected chi connectivity index (χ1v) is 10.6. The minimum absolute atomic E-state index is 0.0264. The summed E-state index contributed by atoms with van der Waals surface area (Å²) in [6.45, 7) is 4.04. The largest absolute Gasteiger partial charge is 0.493 e. The molecule has 1 aliphatic heterocycles. The first-order valence-electron chi connectivity index (χ1n) is 9.42. The predicted molar refractivity (Wildman–Crippen MR) is 118 cm³/mol. The Morgan fingerprint density at radius 2 is 2.04 bits per heavy atom. The van der Waals surface area contributed by atoms with Gasteiger partial charge in [0.25, 0.3) is 5.91 Å². The van der Waals surface area contributed by atoms with Gasteiger partial charge in [0.05, 0.1) is 11.6 Å². The summed E-state index contributed by atoms with van der Waals surface area (Å²) in [6, 6.07) is 3.96. The lowest BCUT2D eigenvalue weighted by atomic mass is 9.94. The number of rotatable bonds is 6. The molecule has 1 heterocycles. The fourth-order valence-electron chi connectivity index (χ4n) is 3.70. The topological polar surface area (TPSA) is 42.0 Å². The average molecular weight is 465 g/mol. The Bertz CT molecular complexity index is 818. The average Bonchev–Trinajstić information content (AvgIpc) is 2.90. The van der Waals surface area contributed by atoms with Crippen LogP contribution in [0.25, 0.3) is 6.08 Å². The van der Waals surface area contributed by atoms with Crippen molar-refractivity contribution in [3.8, 4) is 11.5 Å². The van der Waals surface area contributed by atoms with Gasteiger partial charge >= 0.3 is 0 Å². The number of benzene rings is 1. The highest BCUT2D eigenvalue weighted by atomic mass is 79.9. The zero-order valence-corrected chi connectivity index (χ0v) is 18.6. The van der Waals surface area contributed by atoms with Crippen LogP contribution in [0.4, 0.5) is 0 Å². The van der Waals surface area contributed by atoms with Crippen molar-refractivity contribution in [2.45, 2.75) is 38.1 Å². The Hall–Kier alpha value is -1.86. The van der Waals surface area contributed by atoms with Crippen LogP contribution in [0.15, 0.2) is 35.0 Å². The van der Waals surface area contributed by atoms with Crippen molar-refractivity contribution in [1.29, 1.82) is 0 Å². The number of carbonyl (C=O) groups excluding carboxylic acids is 1.